The molecule has 2 heteroatoms. The van der Waals surface area contributed by atoms with E-state index < -0.39 is 0 Å². The normalized spacial score (nSPS) is 14.1. The molecule has 2 unspecified atom stereocenters. The lowest BCUT2D eigenvalue weighted by Gasteiger charge is -2.30. The highest BCUT2D eigenvalue weighted by atomic mass is 16.5. The summed E-state index contributed by atoms with van der Waals surface area (Å²) in [7, 11) is 0. The molecule has 0 aliphatic carbocycles. The number of ether oxygens (including phenoxy) is 2. The quantitative estimate of drug-likeness (QED) is 0.391. The monoisotopic (exact) mass is 374 g/mol. The Hall–Kier alpha value is -2.74. The predicted molar refractivity (Wildman–Crippen MR) is 116 cm³/mol. The zero-order chi connectivity index (χ0) is 19.8. The van der Waals surface area contributed by atoms with Gasteiger partial charge in [-0.3, -0.25) is 0 Å². The Morgan fingerprint density at radius 1 is 0.750 bits per heavy atom. The van der Waals surface area contributed by atoms with Crippen LogP contribution in [0.2, 0.25) is 0 Å². The van der Waals surface area contributed by atoms with Crippen LogP contribution in [0.15, 0.2) is 84.9 Å². The van der Waals surface area contributed by atoms with Crippen molar-refractivity contribution in [3.8, 4) is 11.5 Å². The van der Waals surface area contributed by atoms with Crippen LogP contribution in [0, 0.1) is 0 Å². The standard InChI is InChI=1S/C26H30O2/c1-4-12-25(27-23-15-10-7-11-16-23)21-17-19-24(20-18-21)28-26(3,5-2)22-13-8-6-9-14-22/h6-11,13-20,25H,4-5,12H2,1-3H3. The zero-order valence-corrected chi connectivity index (χ0v) is 17.1. The second-order valence-electron chi connectivity index (χ2n) is 7.33. The Labute approximate surface area is 169 Å². The molecule has 146 valence electrons. The Balaban J connectivity index is 1.75. The molecule has 0 saturated heterocycles. The van der Waals surface area contributed by atoms with E-state index in [-0.39, 0.29) is 11.7 Å². The third-order valence-corrected chi connectivity index (χ3v) is 5.23. The van der Waals surface area contributed by atoms with Gasteiger partial charge in [-0.2, -0.15) is 0 Å². The van der Waals surface area contributed by atoms with E-state index in [0.29, 0.717) is 0 Å². The van der Waals surface area contributed by atoms with Gasteiger partial charge in [0, 0.05) is 0 Å². The minimum absolute atomic E-state index is 0.0492. The van der Waals surface area contributed by atoms with E-state index in [4.69, 9.17) is 9.47 Å². The summed E-state index contributed by atoms with van der Waals surface area (Å²) < 4.78 is 12.6. The third kappa shape index (κ3) is 4.95. The van der Waals surface area contributed by atoms with Gasteiger partial charge in [0.25, 0.3) is 0 Å². The van der Waals surface area contributed by atoms with Crippen molar-refractivity contribution in [2.24, 2.45) is 0 Å². The molecular weight excluding hydrogens is 344 g/mol. The SMILES string of the molecule is CCCC(Oc1ccccc1)c1ccc(OC(C)(CC)c2ccccc2)cc1. The minimum atomic E-state index is -0.341. The first kappa shape index (κ1) is 20.0. The molecule has 28 heavy (non-hydrogen) atoms. The van der Waals surface area contributed by atoms with Crippen molar-refractivity contribution in [1.29, 1.82) is 0 Å². The maximum atomic E-state index is 6.41. The molecule has 3 aromatic carbocycles. The fourth-order valence-electron chi connectivity index (χ4n) is 3.36. The van der Waals surface area contributed by atoms with Crippen LogP contribution in [0.4, 0.5) is 0 Å². The molecule has 0 aromatic heterocycles. The van der Waals surface area contributed by atoms with Gasteiger partial charge in [-0.1, -0.05) is 80.9 Å². The molecule has 0 fully saturated rings. The van der Waals surface area contributed by atoms with Crippen LogP contribution in [-0.4, -0.2) is 0 Å². The van der Waals surface area contributed by atoms with Gasteiger partial charge in [-0.05, 0) is 55.2 Å². The molecule has 2 nitrogen and oxygen atoms in total. The van der Waals surface area contributed by atoms with Crippen LogP contribution >= 0.6 is 0 Å². The lowest BCUT2D eigenvalue weighted by atomic mass is 9.93. The van der Waals surface area contributed by atoms with Gasteiger partial charge in [0.2, 0.25) is 0 Å². The molecule has 3 aromatic rings. The van der Waals surface area contributed by atoms with Crippen molar-refractivity contribution in [2.75, 3.05) is 0 Å². The molecule has 0 saturated carbocycles. The number of para-hydroxylation sites is 1. The van der Waals surface area contributed by atoms with Crippen LogP contribution in [0.25, 0.3) is 0 Å². The maximum Gasteiger partial charge on any atom is 0.131 e. The highest BCUT2D eigenvalue weighted by molar-refractivity contribution is 5.32. The molecule has 0 N–H and O–H groups in total. The first-order valence-corrected chi connectivity index (χ1v) is 10.2. The minimum Gasteiger partial charge on any atom is -0.486 e. The van der Waals surface area contributed by atoms with E-state index >= 15 is 0 Å². The first-order chi connectivity index (χ1) is 13.6. The van der Waals surface area contributed by atoms with E-state index in [1.54, 1.807) is 0 Å². The van der Waals surface area contributed by atoms with Gasteiger partial charge < -0.3 is 9.47 Å². The maximum absolute atomic E-state index is 6.41. The molecule has 0 heterocycles. The van der Waals surface area contributed by atoms with Crippen molar-refractivity contribution >= 4 is 0 Å². The van der Waals surface area contributed by atoms with Crippen LogP contribution in [0.1, 0.15) is 57.3 Å². The van der Waals surface area contributed by atoms with Gasteiger partial charge >= 0.3 is 0 Å². The smallest absolute Gasteiger partial charge is 0.131 e. The van der Waals surface area contributed by atoms with E-state index in [1.807, 2.05) is 36.4 Å². The molecule has 3 rings (SSSR count). The molecule has 0 radical (unpaired) electrons. The van der Waals surface area contributed by atoms with E-state index in [1.165, 1.54) is 11.1 Å². The lowest BCUT2D eigenvalue weighted by molar-refractivity contribution is 0.0825. The van der Waals surface area contributed by atoms with Crippen LogP contribution < -0.4 is 9.47 Å². The number of hydrogen-bond acceptors (Lipinski definition) is 2. The van der Waals surface area contributed by atoms with Crippen LogP contribution in [0.5, 0.6) is 11.5 Å². The summed E-state index contributed by atoms with van der Waals surface area (Å²) in [5.41, 5.74) is 2.03. The van der Waals surface area contributed by atoms with Crippen molar-refractivity contribution in [2.45, 2.75) is 51.7 Å². The van der Waals surface area contributed by atoms with Crippen molar-refractivity contribution in [3.05, 3.63) is 96.1 Å². The van der Waals surface area contributed by atoms with E-state index in [9.17, 15) is 0 Å². The lowest BCUT2D eigenvalue weighted by Crippen LogP contribution is -2.28. The second-order valence-corrected chi connectivity index (χ2v) is 7.33. The van der Waals surface area contributed by atoms with Gasteiger partial charge in [-0.25, -0.2) is 0 Å². The Morgan fingerprint density at radius 3 is 1.93 bits per heavy atom. The van der Waals surface area contributed by atoms with Gasteiger partial charge in [0.15, 0.2) is 0 Å². The summed E-state index contributed by atoms with van der Waals surface area (Å²) >= 11 is 0. The highest BCUT2D eigenvalue weighted by Crippen LogP contribution is 2.33. The largest absolute Gasteiger partial charge is 0.486 e. The molecule has 2 atom stereocenters. The predicted octanol–water partition coefficient (Wildman–Crippen LogP) is 7.31. The molecule has 0 aliphatic heterocycles. The summed E-state index contributed by atoms with van der Waals surface area (Å²) in [6, 6.07) is 28.8. The topological polar surface area (TPSA) is 18.5 Å². The average molecular weight is 375 g/mol. The van der Waals surface area contributed by atoms with E-state index in [0.717, 1.165) is 30.8 Å². The van der Waals surface area contributed by atoms with Crippen LogP contribution in [-0.2, 0) is 5.60 Å². The molecule has 0 spiro atoms. The summed E-state index contributed by atoms with van der Waals surface area (Å²) in [5.74, 6) is 1.79. The molecule has 0 bridgehead atoms. The van der Waals surface area contributed by atoms with Crippen LogP contribution in [0.3, 0.4) is 0 Å². The molecule has 0 aliphatic rings. The summed E-state index contributed by atoms with van der Waals surface area (Å²) in [4.78, 5) is 0. The zero-order valence-electron chi connectivity index (χ0n) is 17.1. The number of hydrogen-bond donors (Lipinski definition) is 0. The van der Waals surface area contributed by atoms with Gasteiger partial charge in [0.1, 0.15) is 23.2 Å². The highest BCUT2D eigenvalue weighted by Gasteiger charge is 2.26. The van der Waals surface area contributed by atoms with Gasteiger partial charge in [-0.15, -0.1) is 0 Å². The second kappa shape index (κ2) is 9.45. The number of rotatable bonds is 9. The Morgan fingerprint density at radius 2 is 1.36 bits per heavy atom. The van der Waals surface area contributed by atoms with Gasteiger partial charge in [0.05, 0.1) is 0 Å². The first-order valence-electron chi connectivity index (χ1n) is 10.2. The fraction of sp³-hybridized carbons (Fsp3) is 0.308. The summed E-state index contributed by atoms with van der Waals surface area (Å²) in [6.07, 6.45) is 2.99. The van der Waals surface area contributed by atoms with Crippen molar-refractivity contribution < 1.29 is 9.47 Å². The Kier molecular flexibility index (Phi) is 6.76. The summed E-state index contributed by atoms with van der Waals surface area (Å²) in [6.45, 7) is 6.49. The summed E-state index contributed by atoms with van der Waals surface area (Å²) in [5, 5.41) is 0. The fourth-order valence-corrected chi connectivity index (χ4v) is 3.36. The average Bonchev–Trinajstić information content (AvgIpc) is 2.75. The third-order valence-electron chi connectivity index (χ3n) is 5.23. The molecule has 0 amide bonds. The Bertz CT molecular complexity index is 827. The van der Waals surface area contributed by atoms with E-state index in [2.05, 4.69) is 69.3 Å². The van der Waals surface area contributed by atoms with Crippen molar-refractivity contribution in [3.63, 3.8) is 0 Å². The number of benzene rings is 3. The molecular formula is C26H30O2. The van der Waals surface area contributed by atoms with Crippen molar-refractivity contribution in [1.82, 2.24) is 0 Å².